The van der Waals surface area contributed by atoms with Crippen molar-refractivity contribution in [2.75, 3.05) is 0 Å². The Morgan fingerprint density at radius 2 is 2.40 bits per heavy atom. The molecule has 0 radical (unpaired) electrons. The maximum atomic E-state index is 10.4. The van der Waals surface area contributed by atoms with Gasteiger partial charge in [-0.3, -0.25) is 0 Å². The molecule has 1 N–H and O–H groups in total. The zero-order valence-corrected chi connectivity index (χ0v) is 7.62. The van der Waals surface area contributed by atoms with E-state index in [9.17, 15) is 4.79 Å². The third kappa shape index (κ3) is 1.22. The van der Waals surface area contributed by atoms with Gasteiger partial charge in [-0.15, -0.1) is 11.3 Å². The van der Waals surface area contributed by atoms with Gasteiger partial charge in [0, 0.05) is 4.47 Å². The smallest absolute Gasteiger partial charge is 0.347 e. The van der Waals surface area contributed by atoms with Crippen LogP contribution >= 0.6 is 27.3 Å². The molecule has 1 heterocycles. The highest BCUT2D eigenvalue weighted by Crippen LogP contribution is 2.27. The first-order valence-corrected chi connectivity index (χ1v) is 4.27. The monoisotopic (exact) mass is 220 g/mol. The van der Waals surface area contributed by atoms with Crippen molar-refractivity contribution in [3.63, 3.8) is 0 Å². The second-order valence-corrected chi connectivity index (χ2v) is 3.54. The van der Waals surface area contributed by atoms with Crippen molar-refractivity contribution in [3.8, 4) is 0 Å². The number of carboxylic acid groups (broad SMARTS) is 1. The van der Waals surface area contributed by atoms with Gasteiger partial charge in [0.15, 0.2) is 0 Å². The topological polar surface area (TPSA) is 37.3 Å². The third-order valence-corrected chi connectivity index (χ3v) is 3.46. The molecule has 0 aromatic carbocycles. The Morgan fingerprint density at radius 3 is 2.60 bits per heavy atom. The van der Waals surface area contributed by atoms with Gasteiger partial charge in [-0.2, -0.15) is 0 Å². The van der Waals surface area contributed by atoms with Gasteiger partial charge in [0.05, 0.1) is 0 Å². The van der Waals surface area contributed by atoms with E-state index in [1.54, 1.807) is 0 Å². The van der Waals surface area contributed by atoms with Crippen LogP contribution in [0, 0.1) is 6.92 Å². The molecule has 0 aliphatic carbocycles. The maximum Gasteiger partial charge on any atom is 0.347 e. The van der Waals surface area contributed by atoms with E-state index < -0.39 is 5.97 Å². The molecule has 1 aromatic heterocycles. The van der Waals surface area contributed by atoms with Gasteiger partial charge in [0.2, 0.25) is 0 Å². The summed E-state index contributed by atoms with van der Waals surface area (Å²) in [5.74, 6) is -0.870. The summed E-state index contributed by atoms with van der Waals surface area (Å²) in [6.07, 6.45) is 0. The molecule has 0 atom stereocenters. The molecule has 0 saturated carbocycles. The molecule has 0 amide bonds. The number of hydrogen-bond acceptors (Lipinski definition) is 2. The highest BCUT2D eigenvalue weighted by molar-refractivity contribution is 9.10. The van der Waals surface area contributed by atoms with Crippen LogP contribution in [0.3, 0.4) is 0 Å². The Kier molecular flexibility index (Phi) is 2.11. The Bertz CT molecular complexity index is 267. The highest BCUT2D eigenvalue weighted by atomic mass is 79.9. The molecule has 1 aromatic rings. The predicted molar refractivity (Wildman–Crippen MR) is 43.7 cm³/mol. The van der Waals surface area contributed by atoms with Gasteiger partial charge in [-0.05, 0) is 33.8 Å². The molecule has 0 saturated heterocycles. The number of rotatable bonds is 1. The van der Waals surface area contributed by atoms with Gasteiger partial charge in [-0.1, -0.05) is 0 Å². The van der Waals surface area contributed by atoms with Gasteiger partial charge in [0.1, 0.15) is 4.88 Å². The lowest BCUT2D eigenvalue weighted by atomic mass is 10.3. The molecule has 0 unspecified atom stereocenters. The van der Waals surface area contributed by atoms with Gasteiger partial charge >= 0.3 is 5.97 Å². The van der Waals surface area contributed by atoms with Gasteiger partial charge in [-0.25, -0.2) is 4.79 Å². The SMILES string of the molecule is Cc1csc(C(=O)O)c1Br. The highest BCUT2D eigenvalue weighted by Gasteiger charge is 2.11. The van der Waals surface area contributed by atoms with Crippen LogP contribution in [0.4, 0.5) is 0 Å². The fourth-order valence-electron chi connectivity index (χ4n) is 0.574. The first kappa shape index (κ1) is 7.75. The van der Waals surface area contributed by atoms with Crippen LogP contribution in [0.5, 0.6) is 0 Å². The Morgan fingerprint density at radius 1 is 1.80 bits per heavy atom. The lowest BCUT2D eigenvalue weighted by molar-refractivity contribution is 0.0701. The number of carbonyl (C=O) groups is 1. The minimum atomic E-state index is -0.870. The number of carboxylic acids is 1. The lowest BCUT2D eigenvalue weighted by Gasteiger charge is -1.87. The minimum absolute atomic E-state index is 0.373. The van der Waals surface area contributed by atoms with Crippen molar-refractivity contribution < 1.29 is 9.90 Å². The summed E-state index contributed by atoms with van der Waals surface area (Å²) in [6, 6.07) is 0. The molecule has 1 rings (SSSR count). The van der Waals surface area contributed by atoms with E-state index in [1.165, 1.54) is 11.3 Å². The quantitative estimate of drug-likeness (QED) is 0.790. The fraction of sp³-hybridized carbons (Fsp3) is 0.167. The van der Waals surface area contributed by atoms with Crippen LogP contribution in [-0.4, -0.2) is 11.1 Å². The molecular weight excluding hydrogens is 216 g/mol. The van der Waals surface area contributed by atoms with Crippen LogP contribution in [0.1, 0.15) is 15.2 Å². The van der Waals surface area contributed by atoms with Crippen LogP contribution in [-0.2, 0) is 0 Å². The number of aromatic carboxylic acids is 1. The summed E-state index contributed by atoms with van der Waals surface area (Å²) in [5, 5.41) is 10.4. The minimum Gasteiger partial charge on any atom is -0.477 e. The molecule has 0 spiro atoms. The lowest BCUT2D eigenvalue weighted by Crippen LogP contribution is -1.92. The normalized spacial score (nSPS) is 9.80. The number of halogens is 1. The van der Waals surface area contributed by atoms with Crippen molar-refractivity contribution in [1.82, 2.24) is 0 Å². The molecule has 0 fully saturated rings. The van der Waals surface area contributed by atoms with Crippen molar-refractivity contribution in [3.05, 3.63) is 20.3 Å². The van der Waals surface area contributed by atoms with E-state index in [4.69, 9.17) is 5.11 Å². The summed E-state index contributed by atoms with van der Waals surface area (Å²) in [6.45, 7) is 1.87. The van der Waals surface area contributed by atoms with E-state index in [0.717, 1.165) is 5.56 Å². The average molecular weight is 221 g/mol. The van der Waals surface area contributed by atoms with Crippen molar-refractivity contribution in [1.29, 1.82) is 0 Å². The molecule has 2 nitrogen and oxygen atoms in total. The predicted octanol–water partition coefficient (Wildman–Crippen LogP) is 2.52. The first-order chi connectivity index (χ1) is 4.63. The zero-order valence-electron chi connectivity index (χ0n) is 5.22. The Balaban J connectivity index is 3.17. The van der Waals surface area contributed by atoms with Crippen LogP contribution in [0.25, 0.3) is 0 Å². The standard InChI is InChI=1S/C6H5BrO2S/c1-3-2-10-5(4(3)7)6(8)9/h2H,1H3,(H,8,9). The number of hydrogen-bond donors (Lipinski definition) is 1. The Labute approximate surface area is 70.6 Å². The van der Waals surface area contributed by atoms with E-state index in [2.05, 4.69) is 15.9 Å². The van der Waals surface area contributed by atoms with Crippen LogP contribution in [0.2, 0.25) is 0 Å². The molecule has 0 bridgehead atoms. The Hall–Kier alpha value is -0.350. The molecular formula is C6H5BrO2S. The van der Waals surface area contributed by atoms with Crippen molar-refractivity contribution in [2.45, 2.75) is 6.92 Å². The zero-order chi connectivity index (χ0) is 7.72. The summed E-state index contributed by atoms with van der Waals surface area (Å²) in [7, 11) is 0. The largest absolute Gasteiger partial charge is 0.477 e. The summed E-state index contributed by atoms with van der Waals surface area (Å²) in [4.78, 5) is 10.8. The molecule has 10 heavy (non-hydrogen) atoms. The number of aryl methyl sites for hydroxylation is 1. The number of thiophene rings is 1. The van der Waals surface area contributed by atoms with E-state index >= 15 is 0 Å². The molecule has 0 aliphatic rings. The third-order valence-electron chi connectivity index (χ3n) is 1.09. The summed E-state index contributed by atoms with van der Waals surface area (Å²) < 4.78 is 0.699. The van der Waals surface area contributed by atoms with E-state index in [0.29, 0.717) is 9.35 Å². The second kappa shape index (κ2) is 2.72. The van der Waals surface area contributed by atoms with E-state index in [1.807, 2.05) is 12.3 Å². The van der Waals surface area contributed by atoms with Crippen LogP contribution in [0.15, 0.2) is 9.85 Å². The first-order valence-electron chi connectivity index (χ1n) is 2.60. The summed E-state index contributed by atoms with van der Waals surface area (Å²) in [5.41, 5.74) is 0.974. The van der Waals surface area contributed by atoms with E-state index in [-0.39, 0.29) is 0 Å². The van der Waals surface area contributed by atoms with Gasteiger partial charge < -0.3 is 5.11 Å². The second-order valence-electron chi connectivity index (χ2n) is 1.87. The fourth-order valence-corrected chi connectivity index (χ4v) is 2.07. The molecule has 54 valence electrons. The van der Waals surface area contributed by atoms with Crippen molar-refractivity contribution in [2.24, 2.45) is 0 Å². The summed E-state index contributed by atoms with van der Waals surface area (Å²) >= 11 is 4.42. The molecule has 0 aliphatic heterocycles. The van der Waals surface area contributed by atoms with Crippen molar-refractivity contribution >= 4 is 33.2 Å². The van der Waals surface area contributed by atoms with Gasteiger partial charge in [0.25, 0.3) is 0 Å². The van der Waals surface area contributed by atoms with Crippen LogP contribution < -0.4 is 0 Å². The maximum absolute atomic E-state index is 10.4. The molecule has 4 heteroatoms. The average Bonchev–Trinajstić information content (AvgIpc) is 2.14.